The van der Waals surface area contributed by atoms with Gasteiger partial charge in [-0.25, -0.2) is 4.79 Å². The number of hydrogen-bond donors (Lipinski definition) is 3. The van der Waals surface area contributed by atoms with Gasteiger partial charge < -0.3 is 15.5 Å². The normalized spacial score (nSPS) is 21.8. The molecule has 0 heterocycles. The van der Waals surface area contributed by atoms with Crippen molar-refractivity contribution in [2.45, 2.75) is 18.6 Å². The zero-order valence-electron chi connectivity index (χ0n) is 9.54. The predicted molar refractivity (Wildman–Crippen MR) is 63.8 cm³/mol. The van der Waals surface area contributed by atoms with Crippen LogP contribution in [0.3, 0.4) is 0 Å². The van der Waals surface area contributed by atoms with Crippen LogP contribution in [0.15, 0.2) is 36.4 Å². The predicted octanol–water partition coefficient (Wildman–Crippen LogP) is 0.402. The molecule has 5 nitrogen and oxygen atoms in total. The van der Waals surface area contributed by atoms with E-state index < -0.39 is 24.0 Å². The number of carbonyl (C=O) groups is 2. The van der Waals surface area contributed by atoms with Crippen molar-refractivity contribution < 1.29 is 19.8 Å². The van der Waals surface area contributed by atoms with Gasteiger partial charge in [-0.1, -0.05) is 24.3 Å². The van der Waals surface area contributed by atoms with E-state index in [4.69, 9.17) is 5.11 Å². The number of carbonyl (C=O) groups excluding carboxylic acids is 1. The lowest BCUT2D eigenvalue weighted by Crippen LogP contribution is -2.32. The smallest absolute Gasteiger partial charge is 0.328 e. The molecule has 0 spiro atoms. The highest BCUT2D eigenvalue weighted by Gasteiger charge is 2.31. The lowest BCUT2D eigenvalue weighted by Gasteiger charge is -2.16. The number of aliphatic hydroxyl groups excluding tert-OH is 1. The summed E-state index contributed by atoms with van der Waals surface area (Å²) < 4.78 is 0. The number of rotatable bonds is 3. The maximum atomic E-state index is 11.5. The molecular weight excluding hydrogens is 234 g/mol. The number of fused-ring (bicyclic) bond motifs is 1. The molecule has 0 aliphatic heterocycles. The average Bonchev–Trinajstić information content (AvgIpc) is 2.64. The van der Waals surface area contributed by atoms with Crippen LogP contribution in [0.2, 0.25) is 0 Å². The molecule has 0 radical (unpaired) electrons. The lowest BCUT2D eigenvalue weighted by molar-refractivity contribution is -0.131. The summed E-state index contributed by atoms with van der Waals surface area (Å²) in [5, 5.41) is 20.9. The van der Waals surface area contributed by atoms with E-state index in [-0.39, 0.29) is 0 Å². The number of nitrogens with one attached hydrogen (secondary N) is 1. The molecule has 0 fully saturated rings. The summed E-state index contributed by atoms with van der Waals surface area (Å²) in [6, 6.07) is 6.98. The summed E-state index contributed by atoms with van der Waals surface area (Å²) in [7, 11) is 0. The summed E-state index contributed by atoms with van der Waals surface area (Å²) in [5.41, 5.74) is 1.87. The fourth-order valence-electron chi connectivity index (χ4n) is 2.10. The number of aliphatic hydroxyl groups is 1. The summed E-state index contributed by atoms with van der Waals surface area (Å²) in [6.07, 6.45) is 1.52. The fraction of sp³-hybridized carbons (Fsp3) is 0.231. The number of benzene rings is 1. The van der Waals surface area contributed by atoms with Crippen molar-refractivity contribution in [3.8, 4) is 0 Å². The molecule has 1 aromatic carbocycles. The van der Waals surface area contributed by atoms with E-state index in [9.17, 15) is 14.7 Å². The Morgan fingerprint density at radius 1 is 1.28 bits per heavy atom. The maximum absolute atomic E-state index is 11.5. The topological polar surface area (TPSA) is 86.6 Å². The van der Waals surface area contributed by atoms with Gasteiger partial charge in [0.2, 0.25) is 5.91 Å². The minimum absolute atomic E-state index is 0.479. The molecule has 2 atom stereocenters. The number of aliphatic carboxylic acids is 1. The molecule has 94 valence electrons. The Morgan fingerprint density at radius 3 is 2.72 bits per heavy atom. The second-order valence-corrected chi connectivity index (χ2v) is 4.13. The molecule has 2 rings (SSSR count). The van der Waals surface area contributed by atoms with Gasteiger partial charge in [-0.3, -0.25) is 4.79 Å². The number of carboxylic acid groups (broad SMARTS) is 1. The second kappa shape index (κ2) is 5.01. The zero-order chi connectivity index (χ0) is 13.1. The molecule has 0 aromatic heterocycles. The van der Waals surface area contributed by atoms with Crippen LogP contribution in [-0.2, 0) is 16.0 Å². The third-order valence-electron chi connectivity index (χ3n) is 2.88. The Kier molecular flexibility index (Phi) is 3.43. The van der Waals surface area contributed by atoms with Gasteiger partial charge in [-0.15, -0.1) is 0 Å². The monoisotopic (exact) mass is 247 g/mol. The highest BCUT2D eigenvalue weighted by atomic mass is 16.4. The molecule has 5 heteroatoms. The van der Waals surface area contributed by atoms with Gasteiger partial charge in [-0.2, -0.15) is 0 Å². The molecule has 3 N–H and O–H groups in total. The van der Waals surface area contributed by atoms with E-state index in [0.29, 0.717) is 6.42 Å². The molecule has 1 aromatic rings. The lowest BCUT2D eigenvalue weighted by atomic mass is 10.1. The van der Waals surface area contributed by atoms with E-state index in [0.717, 1.165) is 23.3 Å². The summed E-state index contributed by atoms with van der Waals surface area (Å²) in [4.78, 5) is 21.8. The van der Waals surface area contributed by atoms with Crippen LogP contribution < -0.4 is 5.32 Å². The molecule has 0 saturated carbocycles. The van der Waals surface area contributed by atoms with E-state index in [1.807, 2.05) is 24.3 Å². The number of amides is 1. The van der Waals surface area contributed by atoms with Crippen molar-refractivity contribution in [1.29, 1.82) is 0 Å². The Bertz CT molecular complexity index is 509. The molecule has 1 aliphatic rings. The van der Waals surface area contributed by atoms with Crippen LogP contribution in [0.5, 0.6) is 0 Å². The van der Waals surface area contributed by atoms with Crippen LogP contribution in [-0.4, -0.2) is 28.2 Å². The van der Waals surface area contributed by atoms with Gasteiger partial charge in [0.25, 0.3) is 0 Å². The number of hydrogen-bond acceptors (Lipinski definition) is 3. The van der Waals surface area contributed by atoms with Gasteiger partial charge in [-0.05, 0) is 11.1 Å². The molecule has 0 saturated heterocycles. The Hall–Kier alpha value is -2.14. The number of carboxylic acids is 1. The van der Waals surface area contributed by atoms with Crippen LogP contribution >= 0.6 is 0 Å². The van der Waals surface area contributed by atoms with Gasteiger partial charge in [0, 0.05) is 18.6 Å². The van der Waals surface area contributed by atoms with E-state index >= 15 is 0 Å². The van der Waals surface area contributed by atoms with Crippen LogP contribution in [0.4, 0.5) is 0 Å². The fourth-order valence-corrected chi connectivity index (χ4v) is 2.10. The first-order valence-electron chi connectivity index (χ1n) is 5.55. The highest BCUT2D eigenvalue weighted by Crippen LogP contribution is 2.30. The quantitative estimate of drug-likeness (QED) is 0.675. The van der Waals surface area contributed by atoms with E-state index in [1.165, 1.54) is 0 Å². The highest BCUT2D eigenvalue weighted by molar-refractivity contribution is 5.94. The Labute approximate surface area is 104 Å². The standard InChI is InChI=1S/C13H13NO4/c15-10-7-8-3-1-2-4-9(8)13(10)14-11(16)5-6-12(17)18/h1-6,10,13,15H,7H2,(H,14,16)(H,17,18)/b6-5+/t10-,13+/m1/s1. The van der Waals surface area contributed by atoms with Crippen molar-refractivity contribution in [3.05, 3.63) is 47.5 Å². The van der Waals surface area contributed by atoms with Crippen LogP contribution in [0, 0.1) is 0 Å². The van der Waals surface area contributed by atoms with Crippen molar-refractivity contribution in [2.24, 2.45) is 0 Å². The van der Waals surface area contributed by atoms with Gasteiger partial charge in [0.15, 0.2) is 0 Å². The first-order chi connectivity index (χ1) is 8.58. The van der Waals surface area contributed by atoms with Gasteiger partial charge >= 0.3 is 5.97 Å². The third-order valence-corrected chi connectivity index (χ3v) is 2.88. The Morgan fingerprint density at radius 2 is 2.00 bits per heavy atom. The summed E-state index contributed by atoms with van der Waals surface area (Å²) in [5.74, 6) is -1.71. The maximum Gasteiger partial charge on any atom is 0.328 e. The molecular formula is C13H13NO4. The van der Waals surface area contributed by atoms with Crippen molar-refractivity contribution in [3.63, 3.8) is 0 Å². The molecule has 1 amide bonds. The SMILES string of the molecule is O=C(O)/C=C/C(=O)N[C@H]1c2ccccc2C[C@H]1O. The van der Waals surface area contributed by atoms with Crippen molar-refractivity contribution in [2.75, 3.05) is 0 Å². The first-order valence-corrected chi connectivity index (χ1v) is 5.55. The van der Waals surface area contributed by atoms with Gasteiger partial charge in [0.05, 0.1) is 12.1 Å². The molecule has 18 heavy (non-hydrogen) atoms. The molecule has 0 unspecified atom stereocenters. The largest absolute Gasteiger partial charge is 0.478 e. The van der Waals surface area contributed by atoms with E-state index in [1.54, 1.807) is 0 Å². The van der Waals surface area contributed by atoms with Crippen molar-refractivity contribution >= 4 is 11.9 Å². The molecule has 1 aliphatic carbocycles. The van der Waals surface area contributed by atoms with Crippen LogP contribution in [0.25, 0.3) is 0 Å². The molecule has 0 bridgehead atoms. The van der Waals surface area contributed by atoms with Crippen LogP contribution in [0.1, 0.15) is 17.2 Å². The summed E-state index contributed by atoms with van der Waals surface area (Å²) >= 11 is 0. The second-order valence-electron chi connectivity index (χ2n) is 4.13. The van der Waals surface area contributed by atoms with Gasteiger partial charge in [0.1, 0.15) is 0 Å². The third kappa shape index (κ3) is 2.57. The summed E-state index contributed by atoms with van der Waals surface area (Å²) in [6.45, 7) is 0. The minimum atomic E-state index is -1.18. The average molecular weight is 247 g/mol. The first kappa shape index (κ1) is 12.3. The Balaban J connectivity index is 2.10. The van der Waals surface area contributed by atoms with E-state index in [2.05, 4.69) is 5.32 Å². The van der Waals surface area contributed by atoms with Crippen molar-refractivity contribution in [1.82, 2.24) is 5.32 Å². The minimum Gasteiger partial charge on any atom is -0.478 e. The zero-order valence-corrected chi connectivity index (χ0v) is 9.54.